The number of rotatable bonds is 15. The normalized spacial score (nSPS) is 12.4. The van der Waals surface area contributed by atoms with Gasteiger partial charge in [-0.05, 0) is 97.9 Å². The molecule has 0 aliphatic carbocycles. The molecule has 0 unspecified atom stereocenters. The SMILES string of the molecule is CCCCCCC(=Nc1ccc(CC)c(CC)c1)C(CCCC)=Nc1ccc(CC)c(CC)c1. The van der Waals surface area contributed by atoms with Gasteiger partial charge in [0.15, 0.2) is 0 Å². The summed E-state index contributed by atoms with van der Waals surface area (Å²) < 4.78 is 0. The van der Waals surface area contributed by atoms with Gasteiger partial charge in [0, 0.05) is 0 Å². The largest absolute Gasteiger partial charge is 0.252 e. The lowest BCUT2D eigenvalue weighted by atomic mass is 10.00. The number of aryl methyl sites for hydroxylation is 4. The maximum Gasteiger partial charge on any atom is 0.0636 e. The summed E-state index contributed by atoms with van der Waals surface area (Å²) in [7, 11) is 0. The van der Waals surface area contributed by atoms with E-state index in [0.717, 1.165) is 56.3 Å². The van der Waals surface area contributed by atoms with Gasteiger partial charge >= 0.3 is 0 Å². The van der Waals surface area contributed by atoms with E-state index in [1.54, 1.807) is 0 Å². The summed E-state index contributed by atoms with van der Waals surface area (Å²) in [6.07, 6.45) is 13.6. The zero-order valence-electron chi connectivity index (χ0n) is 22.8. The molecule has 34 heavy (non-hydrogen) atoms. The fourth-order valence-electron chi connectivity index (χ4n) is 4.62. The highest BCUT2D eigenvalue weighted by Gasteiger charge is 2.12. The molecule has 0 amide bonds. The molecule has 0 heterocycles. The van der Waals surface area contributed by atoms with Crippen molar-refractivity contribution in [2.24, 2.45) is 9.98 Å². The summed E-state index contributed by atoms with van der Waals surface area (Å²) in [5.74, 6) is 0. The first-order chi connectivity index (χ1) is 16.6. The Morgan fingerprint density at radius 3 is 1.35 bits per heavy atom. The molecule has 0 saturated heterocycles. The third kappa shape index (κ3) is 8.53. The van der Waals surface area contributed by atoms with Gasteiger partial charge in [0.1, 0.15) is 0 Å². The molecular formula is C32H48N2. The van der Waals surface area contributed by atoms with Gasteiger partial charge in [-0.25, -0.2) is 0 Å². The molecule has 2 aromatic rings. The van der Waals surface area contributed by atoms with Gasteiger partial charge in [-0.2, -0.15) is 0 Å². The van der Waals surface area contributed by atoms with Crippen molar-refractivity contribution in [3.63, 3.8) is 0 Å². The Morgan fingerprint density at radius 2 is 0.941 bits per heavy atom. The predicted octanol–water partition coefficient (Wildman–Crippen LogP) is 9.94. The van der Waals surface area contributed by atoms with Crippen molar-refractivity contribution in [3.8, 4) is 0 Å². The van der Waals surface area contributed by atoms with Crippen LogP contribution < -0.4 is 0 Å². The molecule has 186 valence electrons. The number of hydrogen-bond acceptors (Lipinski definition) is 2. The van der Waals surface area contributed by atoms with Crippen molar-refractivity contribution >= 4 is 22.8 Å². The number of unbranched alkanes of at least 4 members (excludes halogenated alkanes) is 4. The Labute approximate surface area is 210 Å². The van der Waals surface area contributed by atoms with Gasteiger partial charge in [0.05, 0.1) is 22.8 Å². The van der Waals surface area contributed by atoms with Gasteiger partial charge in [-0.3, -0.25) is 9.98 Å². The first kappa shape index (κ1) is 28.0. The molecule has 2 heteroatoms. The Bertz CT molecular complexity index is 936. The molecule has 0 bridgehead atoms. The monoisotopic (exact) mass is 460 g/mol. The molecule has 0 aliphatic heterocycles. The van der Waals surface area contributed by atoms with E-state index in [1.165, 1.54) is 65.8 Å². The molecule has 2 rings (SSSR count). The average molecular weight is 461 g/mol. The Morgan fingerprint density at radius 1 is 0.500 bits per heavy atom. The van der Waals surface area contributed by atoms with Crippen LogP contribution in [0.25, 0.3) is 0 Å². The maximum absolute atomic E-state index is 5.25. The Kier molecular flexibility index (Phi) is 12.9. The van der Waals surface area contributed by atoms with Crippen LogP contribution in [0.4, 0.5) is 11.4 Å². The fraction of sp³-hybridized carbons (Fsp3) is 0.562. The molecular weight excluding hydrogens is 412 g/mol. The van der Waals surface area contributed by atoms with Crippen LogP contribution >= 0.6 is 0 Å². The number of benzene rings is 2. The van der Waals surface area contributed by atoms with Gasteiger partial charge in [-0.1, -0.05) is 79.4 Å². The highest BCUT2D eigenvalue weighted by molar-refractivity contribution is 6.43. The Hall–Kier alpha value is -2.22. The zero-order chi connectivity index (χ0) is 24.8. The van der Waals surface area contributed by atoms with Crippen LogP contribution in [0, 0.1) is 0 Å². The van der Waals surface area contributed by atoms with Crippen molar-refractivity contribution in [2.75, 3.05) is 0 Å². The molecule has 2 aromatic carbocycles. The van der Waals surface area contributed by atoms with E-state index in [0.29, 0.717) is 0 Å². The first-order valence-corrected chi connectivity index (χ1v) is 14.0. The van der Waals surface area contributed by atoms with E-state index in [9.17, 15) is 0 Å². The van der Waals surface area contributed by atoms with Crippen molar-refractivity contribution in [2.45, 2.75) is 119 Å². The predicted molar refractivity (Wildman–Crippen MR) is 153 cm³/mol. The molecule has 0 radical (unpaired) electrons. The lowest BCUT2D eigenvalue weighted by Crippen LogP contribution is -2.14. The lowest BCUT2D eigenvalue weighted by molar-refractivity contribution is 0.683. The summed E-state index contributed by atoms with van der Waals surface area (Å²) in [6, 6.07) is 13.5. The van der Waals surface area contributed by atoms with Crippen LogP contribution in [0.5, 0.6) is 0 Å². The van der Waals surface area contributed by atoms with E-state index >= 15 is 0 Å². The van der Waals surface area contributed by atoms with Crippen LogP contribution in [-0.4, -0.2) is 11.4 Å². The van der Waals surface area contributed by atoms with Gasteiger partial charge in [0.2, 0.25) is 0 Å². The maximum atomic E-state index is 5.25. The van der Waals surface area contributed by atoms with Crippen molar-refractivity contribution in [1.82, 2.24) is 0 Å². The third-order valence-electron chi connectivity index (χ3n) is 6.80. The summed E-state index contributed by atoms with van der Waals surface area (Å²) in [6.45, 7) is 13.5. The smallest absolute Gasteiger partial charge is 0.0636 e. The van der Waals surface area contributed by atoms with Crippen molar-refractivity contribution < 1.29 is 0 Å². The number of aliphatic imine (C=N–C) groups is 2. The average Bonchev–Trinajstić information content (AvgIpc) is 2.87. The van der Waals surface area contributed by atoms with E-state index in [1.807, 2.05) is 0 Å². The molecule has 0 spiro atoms. The zero-order valence-corrected chi connectivity index (χ0v) is 22.8. The second-order valence-electron chi connectivity index (χ2n) is 9.35. The third-order valence-corrected chi connectivity index (χ3v) is 6.80. The molecule has 0 aliphatic rings. The van der Waals surface area contributed by atoms with Gasteiger partial charge < -0.3 is 0 Å². The second-order valence-corrected chi connectivity index (χ2v) is 9.35. The summed E-state index contributed by atoms with van der Waals surface area (Å²) in [4.78, 5) is 10.5. The summed E-state index contributed by atoms with van der Waals surface area (Å²) >= 11 is 0. The Balaban J connectivity index is 2.51. The van der Waals surface area contributed by atoms with Crippen LogP contribution in [0.3, 0.4) is 0 Å². The highest BCUT2D eigenvalue weighted by Crippen LogP contribution is 2.24. The van der Waals surface area contributed by atoms with Gasteiger partial charge in [-0.15, -0.1) is 0 Å². The van der Waals surface area contributed by atoms with Crippen LogP contribution in [-0.2, 0) is 25.7 Å². The van der Waals surface area contributed by atoms with E-state index < -0.39 is 0 Å². The standard InChI is InChI=1S/C32H48N2/c1-7-13-15-16-18-32(34-30-22-20-26(10-4)28(12-6)24-30)31(17-14-8-2)33-29-21-19-25(9-3)27(11-5)23-29/h19-24H,7-18H2,1-6H3. The molecule has 0 aromatic heterocycles. The van der Waals surface area contributed by atoms with E-state index in [4.69, 9.17) is 9.98 Å². The molecule has 0 fully saturated rings. The number of nitrogens with zero attached hydrogens (tertiary/aromatic N) is 2. The van der Waals surface area contributed by atoms with Crippen molar-refractivity contribution in [3.05, 3.63) is 58.7 Å². The lowest BCUT2D eigenvalue weighted by Gasteiger charge is -2.13. The van der Waals surface area contributed by atoms with Crippen LogP contribution in [0.15, 0.2) is 46.4 Å². The minimum atomic E-state index is 0.994. The summed E-state index contributed by atoms with van der Waals surface area (Å²) in [5.41, 5.74) is 10.3. The van der Waals surface area contributed by atoms with Crippen molar-refractivity contribution in [1.29, 1.82) is 0 Å². The van der Waals surface area contributed by atoms with Gasteiger partial charge in [0.25, 0.3) is 0 Å². The van der Waals surface area contributed by atoms with Crippen LogP contribution in [0.1, 0.15) is 115 Å². The van der Waals surface area contributed by atoms with E-state index in [-0.39, 0.29) is 0 Å². The number of hydrogen-bond donors (Lipinski definition) is 0. The minimum Gasteiger partial charge on any atom is -0.252 e. The molecule has 0 atom stereocenters. The highest BCUT2D eigenvalue weighted by atomic mass is 14.8. The minimum absolute atomic E-state index is 0.994. The van der Waals surface area contributed by atoms with E-state index in [2.05, 4.69) is 77.9 Å². The quantitative estimate of drug-likeness (QED) is 0.186. The fourth-order valence-corrected chi connectivity index (χ4v) is 4.62. The molecule has 2 nitrogen and oxygen atoms in total. The first-order valence-electron chi connectivity index (χ1n) is 14.0. The topological polar surface area (TPSA) is 24.7 Å². The second kappa shape index (κ2) is 15.6. The van der Waals surface area contributed by atoms with Crippen LogP contribution in [0.2, 0.25) is 0 Å². The molecule has 0 saturated carbocycles. The summed E-state index contributed by atoms with van der Waals surface area (Å²) in [5, 5.41) is 0. The molecule has 0 N–H and O–H groups in total.